The highest BCUT2D eigenvalue weighted by atomic mass is 35.5. The third kappa shape index (κ3) is 3.20. The van der Waals surface area contributed by atoms with Crippen LogP contribution in [-0.4, -0.2) is 19.3 Å². The van der Waals surface area contributed by atoms with Gasteiger partial charge in [0.2, 0.25) is 0 Å². The molecule has 1 amide bonds. The third-order valence-corrected chi connectivity index (χ3v) is 4.66. The Labute approximate surface area is 145 Å². The Kier molecular flexibility index (Phi) is 4.07. The molecule has 5 heteroatoms. The first-order chi connectivity index (χ1) is 11.7. The molecule has 0 bridgehead atoms. The van der Waals surface area contributed by atoms with E-state index < -0.39 is 0 Å². The van der Waals surface area contributed by atoms with Gasteiger partial charge in [-0.1, -0.05) is 23.7 Å². The molecule has 2 aliphatic rings. The molecule has 0 N–H and O–H groups in total. The van der Waals surface area contributed by atoms with Crippen molar-refractivity contribution < 1.29 is 14.3 Å². The molecule has 1 unspecified atom stereocenters. The standard InChI is InChI=1S/C19H18ClNO3/c20-15-6-8-16(9-7-15)21-18(12-24-19(21)22)14-2-1-3-17(10-14)23-11-13-4-5-13/h1-3,6-10,13,18H,4-5,11-12H2. The van der Waals surface area contributed by atoms with E-state index in [0.29, 0.717) is 17.5 Å². The Morgan fingerprint density at radius 1 is 1.17 bits per heavy atom. The third-order valence-electron chi connectivity index (χ3n) is 4.40. The summed E-state index contributed by atoms with van der Waals surface area (Å²) in [6.07, 6.45) is 2.18. The highest BCUT2D eigenvalue weighted by Gasteiger charge is 2.35. The lowest BCUT2D eigenvalue weighted by atomic mass is 10.1. The van der Waals surface area contributed by atoms with Gasteiger partial charge < -0.3 is 9.47 Å². The van der Waals surface area contributed by atoms with E-state index in [1.54, 1.807) is 17.0 Å². The van der Waals surface area contributed by atoms with Crippen LogP contribution in [0.4, 0.5) is 10.5 Å². The average molecular weight is 344 g/mol. The summed E-state index contributed by atoms with van der Waals surface area (Å²) in [5.41, 5.74) is 1.78. The number of anilines is 1. The molecule has 1 saturated heterocycles. The Morgan fingerprint density at radius 3 is 2.71 bits per heavy atom. The van der Waals surface area contributed by atoms with E-state index in [1.807, 2.05) is 36.4 Å². The van der Waals surface area contributed by atoms with Gasteiger partial charge >= 0.3 is 6.09 Å². The minimum Gasteiger partial charge on any atom is -0.493 e. The zero-order chi connectivity index (χ0) is 16.5. The fraction of sp³-hybridized carbons (Fsp3) is 0.316. The zero-order valence-corrected chi connectivity index (χ0v) is 13.9. The number of nitrogens with zero attached hydrogens (tertiary/aromatic N) is 1. The van der Waals surface area contributed by atoms with Crippen molar-refractivity contribution in [2.24, 2.45) is 5.92 Å². The number of benzene rings is 2. The Balaban J connectivity index is 1.58. The summed E-state index contributed by atoms with van der Waals surface area (Å²) < 4.78 is 11.1. The van der Waals surface area contributed by atoms with Crippen LogP contribution in [-0.2, 0) is 4.74 Å². The van der Waals surface area contributed by atoms with Crippen LogP contribution >= 0.6 is 11.6 Å². The topological polar surface area (TPSA) is 38.8 Å². The Bertz CT molecular complexity index is 743. The molecule has 2 aromatic carbocycles. The number of ether oxygens (including phenoxy) is 2. The summed E-state index contributed by atoms with van der Waals surface area (Å²) in [7, 11) is 0. The van der Waals surface area contributed by atoms with Gasteiger partial charge in [-0.25, -0.2) is 4.79 Å². The van der Waals surface area contributed by atoms with Gasteiger partial charge in [-0.3, -0.25) is 4.90 Å². The highest BCUT2D eigenvalue weighted by Crippen LogP contribution is 2.35. The molecule has 4 nitrogen and oxygen atoms in total. The summed E-state index contributed by atoms with van der Waals surface area (Å²) in [6, 6.07) is 14.9. The molecule has 2 aromatic rings. The lowest BCUT2D eigenvalue weighted by Crippen LogP contribution is -2.27. The van der Waals surface area contributed by atoms with E-state index in [-0.39, 0.29) is 12.1 Å². The zero-order valence-electron chi connectivity index (χ0n) is 13.2. The van der Waals surface area contributed by atoms with Crippen LogP contribution in [0.3, 0.4) is 0 Å². The van der Waals surface area contributed by atoms with E-state index in [2.05, 4.69) is 0 Å². The summed E-state index contributed by atoms with van der Waals surface area (Å²) in [5, 5.41) is 0.637. The number of carbonyl (C=O) groups excluding carboxylic acids is 1. The molecule has 1 atom stereocenters. The maximum Gasteiger partial charge on any atom is 0.415 e. The van der Waals surface area contributed by atoms with Gasteiger partial charge in [0, 0.05) is 10.7 Å². The van der Waals surface area contributed by atoms with Crippen molar-refractivity contribution in [1.82, 2.24) is 0 Å². The lowest BCUT2D eigenvalue weighted by molar-refractivity contribution is 0.179. The normalized spacial score (nSPS) is 20.1. The van der Waals surface area contributed by atoms with Crippen molar-refractivity contribution in [1.29, 1.82) is 0 Å². The van der Waals surface area contributed by atoms with Crippen LogP contribution in [0, 0.1) is 5.92 Å². The number of hydrogen-bond acceptors (Lipinski definition) is 3. The lowest BCUT2D eigenvalue weighted by Gasteiger charge is -2.22. The molecule has 1 heterocycles. The quantitative estimate of drug-likeness (QED) is 0.780. The van der Waals surface area contributed by atoms with Crippen LogP contribution in [0.1, 0.15) is 24.4 Å². The molecule has 0 spiro atoms. The van der Waals surface area contributed by atoms with Crippen molar-refractivity contribution >= 4 is 23.4 Å². The molecule has 1 aliphatic carbocycles. The van der Waals surface area contributed by atoms with Gasteiger partial charge in [0.05, 0.1) is 12.6 Å². The van der Waals surface area contributed by atoms with Crippen LogP contribution in [0.5, 0.6) is 5.75 Å². The van der Waals surface area contributed by atoms with Crippen molar-refractivity contribution in [3.8, 4) is 5.75 Å². The van der Waals surface area contributed by atoms with Gasteiger partial charge in [-0.2, -0.15) is 0 Å². The summed E-state index contributed by atoms with van der Waals surface area (Å²) >= 11 is 5.94. The van der Waals surface area contributed by atoms with Gasteiger partial charge in [0.25, 0.3) is 0 Å². The summed E-state index contributed by atoms with van der Waals surface area (Å²) in [5.74, 6) is 1.55. The molecule has 4 rings (SSSR count). The number of carbonyl (C=O) groups is 1. The monoisotopic (exact) mass is 343 g/mol. The molecule has 0 aromatic heterocycles. The van der Waals surface area contributed by atoms with Crippen molar-refractivity contribution in [2.45, 2.75) is 18.9 Å². The van der Waals surface area contributed by atoms with E-state index in [0.717, 1.165) is 23.6 Å². The molecular weight excluding hydrogens is 326 g/mol. The van der Waals surface area contributed by atoms with Crippen molar-refractivity contribution in [2.75, 3.05) is 18.1 Å². The molecule has 0 radical (unpaired) electrons. The Hall–Kier alpha value is -2.20. The van der Waals surface area contributed by atoms with Crippen LogP contribution in [0.15, 0.2) is 48.5 Å². The minimum atomic E-state index is -0.341. The maximum atomic E-state index is 12.2. The van der Waals surface area contributed by atoms with Crippen LogP contribution in [0.25, 0.3) is 0 Å². The second-order valence-electron chi connectivity index (χ2n) is 6.27. The maximum absolute atomic E-state index is 12.2. The summed E-state index contributed by atoms with van der Waals surface area (Å²) in [4.78, 5) is 13.9. The minimum absolute atomic E-state index is 0.164. The highest BCUT2D eigenvalue weighted by molar-refractivity contribution is 6.30. The second kappa shape index (κ2) is 6.36. The second-order valence-corrected chi connectivity index (χ2v) is 6.70. The first-order valence-corrected chi connectivity index (χ1v) is 8.53. The number of halogens is 1. The average Bonchev–Trinajstić information content (AvgIpc) is 3.35. The van der Waals surface area contributed by atoms with Gasteiger partial charge in [-0.05, 0) is 60.7 Å². The first-order valence-electron chi connectivity index (χ1n) is 8.15. The molecule has 2 fully saturated rings. The number of rotatable bonds is 5. The van der Waals surface area contributed by atoms with Crippen molar-refractivity contribution in [3.63, 3.8) is 0 Å². The number of cyclic esters (lactones) is 1. The fourth-order valence-electron chi connectivity index (χ4n) is 2.86. The summed E-state index contributed by atoms with van der Waals surface area (Å²) in [6.45, 7) is 1.10. The van der Waals surface area contributed by atoms with Gasteiger partial charge in [0.1, 0.15) is 12.4 Å². The fourth-order valence-corrected chi connectivity index (χ4v) is 2.99. The van der Waals surface area contributed by atoms with E-state index in [1.165, 1.54) is 12.8 Å². The van der Waals surface area contributed by atoms with Gasteiger partial charge in [0.15, 0.2) is 0 Å². The van der Waals surface area contributed by atoms with E-state index in [4.69, 9.17) is 21.1 Å². The Morgan fingerprint density at radius 2 is 1.96 bits per heavy atom. The van der Waals surface area contributed by atoms with Gasteiger partial charge in [-0.15, -0.1) is 0 Å². The van der Waals surface area contributed by atoms with E-state index >= 15 is 0 Å². The number of hydrogen-bond donors (Lipinski definition) is 0. The largest absolute Gasteiger partial charge is 0.493 e. The number of amides is 1. The van der Waals surface area contributed by atoms with E-state index in [9.17, 15) is 4.79 Å². The van der Waals surface area contributed by atoms with Crippen molar-refractivity contribution in [3.05, 3.63) is 59.1 Å². The predicted molar refractivity (Wildman–Crippen MR) is 92.7 cm³/mol. The smallest absolute Gasteiger partial charge is 0.415 e. The molecule has 1 saturated carbocycles. The molecule has 124 valence electrons. The predicted octanol–water partition coefficient (Wildman–Crippen LogP) is 4.83. The molecule has 1 aliphatic heterocycles. The first kappa shape index (κ1) is 15.3. The molecular formula is C19H18ClNO3. The van der Waals surface area contributed by atoms with Crippen LogP contribution in [0.2, 0.25) is 5.02 Å². The molecule has 24 heavy (non-hydrogen) atoms. The van der Waals surface area contributed by atoms with Crippen LogP contribution < -0.4 is 9.64 Å². The SMILES string of the molecule is O=C1OCC(c2cccc(OCC3CC3)c2)N1c1ccc(Cl)cc1.